The number of benzene rings is 1. The van der Waals surface area contributed by atoms with Gasteiger partial charge < -0.3 is 10.2 Å². The summed E-state index contributed by atoms with van der Waals surface area (Å²) in [5.74, 6) is 0. The number of fused-ring (bicyclic) bond motifs is 2. The Bertz CT molecular complexity index is 825. The van der Waals surface area contributed by atoms with Gasteiger partial charge in [-0.25, -0.2) is 4.79 Å². The molecule has 3 heterocycles. The van der Waals surface area contributed by atoms with Gasteiger partial charge in [-0.3, -0.25) is 4.84 Å². The number of carbonyl (C=O) groups is 1. The number of piperidine rings is 1. The number of carbonyl (C=O) groups excluding carboxylic acids is 1. The highest BCUT2D eigenvalue weighted by Crippen LogP contribution is 2.39. The molecule has 0 spiro atoms. The fraction of sp³-hybridized carbons (Fsp3) is 0.421. The molecule has 2 aromatic rings. The monoisotopic (exact) mass is 385 g/mol. The van der Waals surface area contributed by atoms with Crippen molar-refractivity contribution in [3.05, 3.63) is 58.2 Å². The fourth-order valence-electron chi connectivity index (χ4n) is 3.47. The maximum absolute atomic E-state index is 12.9. The predicted octanol–water partition coefficient (Wildman–Crippen LogP) is 3.23. The smallest absolute Gasteiger partial charge is 0.344 e. The molecule has 142 valence electrons. The van der Waals surface area contributed by atoms with Crippen molar-refractivity contribution < 1.29 is 9.63 Å². The number of hydrogen-bond acceptors (Lipinski definition) is 6. The highest BCUT2D eigenvalue weighted by Gasteiger charge is 2.47. The molecule has 2 amide bonds. The Kier molecular flexibility index (Phi) is 5.09. The number of aromatic nitrogens is 2. The summed E-state index contributed by atoms with van der Waals surface area (Å²) >= 11 is 1.55. The summed E-state index contributed by atoms with van der Waals surface area (Å²) in [6.45, 7) is 7.43. The third-order valence-electron chi connectivity index (χ3n) is 4.84. The van der Waals surface area contributed by atoms with E-state index in [1.54, 1.807) is 16.4 Å². The summed E-state index contributed by atoms with van der Waals surface area (Å²) in [6.07, 6.45) is 1.78. The van der Waals surface area contributed by atoms with Crippen LogP contribution < -0.4 is 5.32 Å². The number of urea groups is 1. The van der Waals surface area contributed by atoms with Gasteiger partial charge in [-0.2, -0.15) is 5.06 Å². The number of hydrogen-bond donors (Lipinski definition) is 1. The van der Waals surface area contributed by atoms with E-state index in [4.69, 9.17) is 4.84 Å². The lowest BCUT2D eigenvalue weighted by atomic mass is 10.0. The molecule has 8 heteroatoms. The molecular formula is C19H23N5O2S. The van der Waals surface area contributed by atoms with Crippen LogP contribution in [0.1, 0.15) is 41.4 Å². The second-order valence-corrected chi connectivity index (χ2v) is 8.03. The number of hydroxylamine groups is 2. The van der Waals surface area contributed by atoms with Crippen LogP contribution in [0.3, 0.4) is 0 Å². The number of amides is 2. The topological polar surface area (TPSA) is 70.6 Å². The highest BCUT2D eigenvalue weighted by molar-refractivity contribution is 7.11. The van der Waals surface area contributed by atoms with Crippen molar-refractivity contribution in [3.63, 3.8) is 0 Å². The first-order valence-corrected chi connectivity index (χ1v) is 9.92. The Hall–Kier alpha value is -2.45. The predicted molar refractivity (Wildman–Crippen MR) is 102 cm³/mol. The standard InChI is InChI=1S/C19H23N5O2S/c1-13(2)20-10-17-21-22-18(27-17)16-9-8-15-11-23(16)19(25)24(15)26-12-14-6-4-3-5-7-14/h3-7,15-16,20H,1,8-12H2,2H3/t15-,16+/m1/s1. The number of allylic oxidation sites excluding steroid dienone is 1. The largest absolute Gasteiger partial charge is 0.382 e. The molecule has 0 radical (unpaired) electrons. The summed E-state index contributed by atoms with van der Waals surface area (Å²) in [6, 6.07) is 9.92. The van der Waals surface area contributed by atoms with Gasteiger partial charge in [-0.05, 0) is 25.3 Å². The minimum absolute atomic E-state index is 0.0184. The average molecular weight is 385 g/mol. The Balaban J connectivity index is 1.41. The molecule has 2 saturated heterocycles. The lowest BCUT2D eigenvalue weighted by Gasteiger charge is -2.28. The van der Waals surface area contributed by atoms with Gasteiger partial charge >= 0.3 is 6.03 Å². The van der Waals surface area contributed by atoms with E-state index in [-0.39, 0.29) is 18.1 Å². The fourth-order valence-corrected chi connectivity index (χ4v) is 4.40. The van der Waals surface area contributed by atoms with Gasteiger partial charge in [0.15, 0.2) is 0 Å². The molecule has 1 N–H and O–H groups in total. The minimum atomic E-state index is -0.0738. The summed E-state index contributed by atoms with van der Waals surface area (Å²) in [7, 11) is 0. The second-order valence-electron chi connectivity index (χ2n) is 6.93. The molecule has 2 aliphatic heterocycles. The van der Waals surface area contributed by atoms with Gasteiger partial charge in [0.2, 0.25) is 0 Å². The molecule has 0 saturated carbocycles. The van der Waals surface area contributed by atoms with Crippen LogP contribution >= 0.6 is 11.3 Å². The van der Waals surface area contributed by atoms with E-state index in [9.17, 15) is 4.79 Å². The number of rotatable bonds is 7. The van der Waals surface area contributed by atoms with Gasteiger partial charge in [0.1, 0.15) is 16.6 Å². The molecule has 1 aromatic carbocycles. The lowest BCUT2D eigenvalue weighted by molar-refractivity contribution is -0.140. The Morgan fingerprint density at radius 3 is 2.93 bits per heavy atom. The SMILES string of the molecule is C=C(C)NCc1nnc([C@@H]2CC[C@@H]3CN2C(=O)N3OCc2ccccc2)s1. The van der Waals surface area contributed by atoms with Gasteiger partial charge in [0.25, 0.3) is 0 Å². The summed E-state index contributed by atoms with van der Waals surface area (Å²) in [5, 5.41) is 15.1. The molecule has 7 nitrogen and oxygen atoms in total. The maximum Gasteiger partial charge on any atom is 0.344 e. The van der Waals surface area contributed by atoms with E-state index in [0.717, 1.165) is 34.1 Å². The first-order valence-electron chi connectivity index (χ1n) is 9.10. The third-order valence-corrected chi connectivity index (χ3v) is 5.87. The summed E-state index contributed by atoms with van der Waals surface area (Å²) in [4.78, 5) is 20.6. The van der Waals surface area contributed by atoms with Crippen molar-refractivity contribution in [2.75, 3.05) is 6.54 Å². The molecule has 4 rings (SSSR count). The van der Waals surface area contributed by atoms with Crippen molar-refractivity contribution in [2.45, 2.75) is 45.0 Å². The number of nitrogens with zero attached hydrogens (tertiary/aromatic N) is 4. The lowest BCUT2D eigenvalue weighted by Crippen LogP contribution is -2.33. The van der Waals surface area contributed by atoms with Crippen molar-refractivity contribution in [3.8, 4) is 0 Å². The molecule has 2 aliphatic rings. The molecular weight excluding hydrogens is 362 g/mol. The van der Waals surface area contributed by atoms with Gasteiger partial charge in [-0.15, -0.1) is 10.2 Å². The normalized spacial score (nSPS) is 21.6. The van der Waals surface area contributed by atoms with Crippen LogP contribution in [-0.4, -0.2) is 38.8 Å². The number of nitrogens with one attached hydrogen (secondary N) is 1. The van der Waals surface area contributed by atoms with Crippen molar-refractivity contribution in [1.29, 1.82) is 0 Å². The van der Waals surface area contributed by atoms with Crippen molar-refractivity contribution in [2.24, 2.45) is 0 Å². The molecule has 27 heavy (non-hydrogen) atoms. The van der Waals surface area contributed by atoms with E-state index < -0.39 is 0 Å². The van der Waals surface area contributed by atoms with Crippen LogP contribution in [0.2, 0.25) is 0 Å². The summed E-state index contributed by atoms with van der Waals surface area (Å²) < 4.78 is 0. The summed E-state index contributed by atoms with van der Waals surface area (Å²) in [5.41, 5.74) is 1.95. The average Bonchev–Trinajstić information content (AvgIpc) is 3.24. The highest BCUT2D eigenvalue weighted by atomic mass is 32.1. The van der Waals surface area contributed by atoms with Crippen LogP contribution in [0.5, 0.6) is 0 Å². The van der Waals surface area contributed by atoms with Crippen LogP contribution in [0, 0.1) is 0 Å². The minimum Gasteiger partial charge on any atom is -0.382 e. The van der Waals surface area contributed by atoms with Gasteiger partial charge in [0, 0.05) is 12.2 Å². The first kappa shape index (κ1) is 17.9. The Morgan fingerprint density at radius 2 is 2.15 bits per heavy atom. The molecule has 2 atom stereocenters. The van der Waals surface area contributed by atoms with Crippen LogP contribution in [0.4, 0.5) is 4.79 Å². The van der Waals surface area contributed by atoms with E-state index >= 15 is 0 Å². The third kappa shape index (κ3) is 3.81. The van der Waals surface area contributed by atoms with Crippen LogP contribution in [0.25, 0.3) is 0 Å². The Morgan fingerprint density at radius 1 is 1.33 bits per heavy atom. The van der Waals surface area contributed by atoms with Crippen LogP contribution in [-0.2, 0) is 18.0 Å². The molecule has 2 fully saturated rings. The Labute approximate surface area is 162 Å². The zero-order valence-corrected chi connectivity index (χ0v) is 16.1. The maximum atomic E-state index is 12.9. The van der Waals surface area contributed by atoms with Gasteiger partial charge in [-0.1, -0.05) is 48.2 Å². The molecule has 1 aromatic heterocycles. The zero-order chi connectivity index (χ0) is 18.8. The van der Waals surface area contributed by atoms with Crippen molar-refractivity contribution in [1.82, 2.24) is 25.5 Å². The van der Waals surface area contributed by atoms with Crippen LogP contribution in [0.15, 0.2) is 42.6 Å². The molecule has 0 aliphatic carbocycles. The van der Waals surface area contributed by atoms with E-state index in [0.29, 0.717) is 19.7 Å². The molecule has 2 bridgehead atoms. The molecule has 0 unspecified atom stereocenters. The quantitative estimate of drug-likeness (QED) is 0.792. The zero-order valence-electron chi connectivity index (χ0n) is 15.3. The van der Waals surface area contributed by atoms with E-state index in [2.05, 4.69) is 22.1 Å². The van der Waals surface area contributed by atoms with Crippen molar-refractivity contribution >= 4 is 17.4 Å². The van der Waals surface area contributed by atoms with E-state index in [1.165, 1.54) is 0 Å². The first-order chi connectivity index (χ1) is 13.1. The van der Waals surface area contributed by atoms with E-state index in [1.807, 2.05) is 42.2 Å². The van der Waals surface area contributed by atoms with Gasteiger partial charge in [0.05, 0.1) is 18.6 Å². The second kappa shape index (κ2) is 7.66.